The summed E-state index contributed by atoms with van der Waals surface area (Å²) >= 11 is 0. The molecule has 236 valence electrons. The van der Waals surface area contributed by atoms with Crippen LogP contribution in [0.1, 0.15) is 65.9 Å². The molecule has 12 nitrogen and oxygen atoms in total. The molecule has 13 atom stereocenters. The van der Waals surface area contributed by atoms with Gasteiger partial charge in [-0.1, -0.05) is 13.8 Å². The Morgan fingerprint density at radius 3 is 2.40 bits per heavy atom. The molecule has 3 saturated carbocycles. The summed E-state index contributed by atoms with van der Waals surface area (Å²) in [6.45, 7) is 8.84. The first kappa shape index (κ1) is 30.2. The number of furan rings is 1. The highest BCUT2D eigenvalue weighted by atomic mass is 16.6. The Hall–Kier alpha value is -2.80. The lowest BCUT2D eigenvalue weighted by atomic mass is 9.42. The molecule has 1 aromatic rings. The summed E-state index contributed by atoms with van der Waals surface area (Å²) in [5.41, 5.74) is -5.82. The third kappa shape index (κ3) is 3.57. The average molecular weight is 605 g/mol. The second kappa shape index (κ2) is 9.35. The summed E-state index contributed by atoms with van der Waals surface area (Å²) in [4.78, 5) is 51.7. The van der Waals surface area contributed by atoms with Gasteiger partial charge in [-0.3, -0.25) is 14.4 Å². The maximum absolute atomic E-state index is 14.0. The Morgan fingerprint density at radius 1 is 1.12 bits per heavy atom. The van der Waals surface area contributed by atoms with Crippen LogP contribution in [0.4, 0.5) is 0 Å². The Labute approximate surface area is 249 Å². The number of epoxide rings is 1. The molecular formula is C31H40O12. The van der Waals surface area contributed by atoms with E-state index in [1.54, 1.807) is 33.3 Å². The van der Waals surface area contributed by atoms with Crippen LogP contribution in [0, 0.1) is 28.1 Å². The van der Waals surface area contributed by atoms with Crippen molar-refractivity contribution in [2.45, 2.75) is 102 Å². The van der Waals surface area contributed by atoms with E-state index >= 15 is 0 Å². The molecular weight excluding hydrogens is 564 g/mol. The van der Waals surface area contributed by atoms with Crippen LogP contribution in [0.3, 0.4) is 0 Å². The molecule has 2 N–H and O–H groups in total. The van der Waals surface area contributed by atoms with Crippen molar-refractivity contribution < 1.29 is 57.5 Å². The minimum Gasteiger partial charge on any atom is -0.472 e. The number of ether oxygens (including phenoxy) is 5. The largest absolute Gasteiger partial charge is 0.472 e. The number of hydrogen-bond donors (Lipinski definition) is 2. The van der Waals surface area contributed by atoms with Gasteiger partial charge in [-0.25, -0.2) is 4.79 Å². The lowest BCUT2D eigenvalue weighted by Crippen LogP contribution is -2.74. The lowest BCUT2D eigenvalue weighted by Gasteiger charge is -2.61. The lowest BCUT2D eigenvalue weighted by molar-refractivity contribution is -0.248. The van der Waals surface area contributed by atoms with Crippen molar-refractivity contribution >= 4 is 23.7 Å². The average Bonchev–Trinajstić information content (AvgIpc) is 3.19. The molecule has 13 unspecified atom stereocenters. The number of aliphatic hydroxyl groups is 2. The molecule has 0 radical (unpaired) electrons. The van der Waals surface area contributed by atoms with E-state index in [4.69, 9.17) is 28.1 Å². The van der Waals surface area contributed by atoms with Crippen molar-refractivity contribution in [2.75, 3.05) is 13.7 Å². The van der Waals surface area contributed by atoms with Gasteiger partial charge in [-0.2, -0.15) is 0 Å². The first-order chi connectivity index (χ1) is 20.0. The summed E-state index contributed by atoms with van der Waals surface area (Å²) in [6, 6.07) is 1.84. The zero-order chi connectivity index (χ0) is 31.5. The Bertz CT molecular complexity index is 1350. The summed E-state index contributed by atoms with van der Waals surface area (Å²) < 4.78 is 34.4. The van der Waals surface area contributed by atoms with Gasteiger partial charge in [0.25, 0.3) is 0 Å². The van der Waals surface area contributed by atoms with E-state index < -0.39 is 88.2 Å². The summed E-state index contributed by atoms with van der Waals surface area (Å²) in [6.07, 6.45) is -1.44. The van der Waals surface area contributed by atoms with E-state index in [0.717, 1.165) is 19.6 Å². The van der Waals surface area contributed by atoms with Gasteiger partial charge in [-0.15, -0.1) is 0 Å². The molecule has 2 saturated heterocycles. The molecule has 6 rings (SSSR count). The predicted octanol–water partition coefficient (Wildman–Crippen LogP) is 1.69. The van der Waals surface area contributed by atoms with E-state index in [1.807, 2.05) is 13.0 Å². The van der Waals surface area contributed by atoms with Gasteiger partial charge in [0.15, 0.2) is 0 Å². The van der Waals surface area contributed by atoms with Crippen molar-refractivity contribution in [3.8, 4) is 0 Å². The number of methoxy groups -OCH3 is 1. The Kier molecular flexibility index (Phi) is 6.58. The minimum atomic E-state index is -1.66. The molecule has 3 aliphatic carbocycles. The summed E-state index contributed by atoms with van der Waals surface area (Å²) in [5.74, 6) is -5.02. The second-order valence-corrected chi connectivity index (χ2v) is 13.9. The van der Waals surface area contributed by atoms with Crippen molar-refractivity contribution in [1.82, 2.24) is 0 Å². The normalized spacial score (nSPS) is 48.3. The van der Waals surface area contributed by atoms with Crippen molar-refractivity contribution in [3.05, 3.63) is 24.2 Å². The smallest absolute Gasteiger partial charge is 0.347 e. The zero-order valence-corrected chi connectivity index (χ0v) is 25.4. The van der Waals surface area contributed by atoms with Gasteiger partial charge in [-0.05, 0) is 31.9 Å². The van der Waals surface area contributed by atoms with Crippen LogP contribution in [-0.2, 0) is 42.9 Å². The molecule has 0 bridgehead atoms. The third-order valence-corrected chi connectivity index (χ3v) is 11.9. The maximum atomic E-state index is 14.0. The molecule has 5 fully saturated rings. The number of Topliss-reactive ketones (excluding diaryl/α,β-unsaturated/α-hetero) is 1. The van der Waals surface area contributed by atoms with Crippen LogP contribution < -0.4 is 0 Å². The quantitative estimate of drug-likeness (QED) is 0.274. The fourth-order valence-corrected chi connectivity index (χ4v) is 10.2. The molecule has 1 spiro atoms. The Morgan fingerprint density at radius 2 is 1.81 bits per heavy atom. The first-order valence-corrected chi connectivity index (χ1v) is 14.7. The second-order valence-electron chi connectivity index (χ2n) is 13.9. The number of aliphatic hydroxyl groups excluding tert-OH is 1. The standard InChI is InChI=1S/C31H40O12/c1-14(32)40-13-27(3)18(34)11-19-28(4,23(27)22(26(36)38-7)41-15(2)33)24-21(42-19)25(35)29(5)17(16-8-9-39-12-16)10-20-31(29,43-20)30(24,6)37/h8-9,12,17,19-25,35,37H,10-11,13H2,1-7H3. The monoisotopic (exact) mass is 604 g/mol. The van der Waals surface area contributed by atoms with Crippen molar-refractivity contribution in [2.24, 2.45) is 28.1 Å². The van der Waals surface area contributed by atoms with Crippen LogP contribution in [-0.4, -0.2) is 89.3 Å². The van der Waals surface area contributed by atoms with Gasteiger partial charge < -0.3 is 38.3 Å². The zero-order valence-electron chi connectivity index (χ0n) is 25.4. The van der Waals surface area contributed by atoms with Gasteiger partial charge in [0.2, 0.25) is 6.10 Å². The highest BCUT2D eigenvalue weighted by molar-refractivity contribution is 5.89. The van der Waals surface area contributed by atoms with Crippen LogP contribution in [0.25, 0.3) is 0 Å². The van der Waals surface area contributed by atoms with Crippen molar-refractivity contribution in [1.29, 1.82) is 0 Å². The summed E-state index contributed by atoms with van der Waals surface area (Å²) in [7, 11) is 1.14. The fraction of sp³-hybridized carbons (Fsp3) is 0.742. The van der Waals surface area contributed by atoms with Crippen LogP contribution >= 0.6 is 0 Å². The highest BCUT2D eigenvalue weighted by Gasteiger charge is 2.90. The summed E-state index contributed by atoms with van der Waals surface area (Å²) in [5, 5.41) is 25.1. The SMILES string of the molecule is COC(=O)C(OC(C)=O)C1C(C)(COC(C)=O)C(=O)CC2OC3C(C21C)C(C)(O)C12OC1CC(c1ccoc1)C2(C)C3O. The van der Waals surface area contributed by atoms with Gasteiger partial charge >= 0.3 is 17.9 Å². The number of fused-ring (bicyclic) bond motifs is 3. The molecule has 0 amide bonds. The molecule has 12 heteroatoms. The molecule has 5 aliphatic rings. The highest BCUT2D eigenvalue weighted by Crippen LogP contribution is 2.79. The van der Waals surface area contributed by atoms with E-state index in [1.165, 1.54) is 6.92 Å². The molecule has 3 heterocycles. The number of ketones is 1. The number of carbonyl (C=O) groups is 4. The van der Waals surface area contributed by atoms with Crippen molar-refractivity contribution in [3.63, 3.8) is 0 Å². The van der Waals surface area contributed by atoms with Gasteiger partial charge in [0, 0.05) is 48.9 Å². The number of rotatable bonds is 6. The van der Waals surface area contributed by atoms with Crippen LogP contribution in [0.15, 0.2) is 23.0 Å². The first-order valence-electron chi connectivity index (χ1n) is 14.7. The maximum Gasteiger partial charge on any atom is 0.347 e. The van der Waals surface area contributed by atoms with E-state index in [-0.39, 0.29) is 24.2 Å². The predicted molar refractivity (Wildman–Crippen MR) is 144 cm³/mol. The molecule has 43 heavy (non-hydrogen) atoms. The van der Waals surface area contributed by atoms with E-state index in [9.17, 15) is 29.4 Å². The molecule has 0 aromatic carbocycles. The number of hydrogen-bond acceptors (Lipinski definition) is 12. The molecule has 1 aromatic heterocycles. The third-order valence-electron chi connectivity index (χ3n) is 11.9. The van der Waals surface area contributed by atoms with Gasteiger partial charge in [0.1, 0.15) is 23.6 Å². The van der Waals surface area contributed by atoms with Crippen LogP contribution in [0.2, 0.25) is 0 Å². The number of esters is 3. The Balaban J connectivity index is 1.54. The van der Waals surface area contributed by atoms with Gasteiger partial charge in [0.05, 0.1) is 49.5 Å². The number of carbonyl (C=O) groups excluding carboxylic acids is 4. The topological polar surface area (TPSA) is 171 Å². The fourth-order valence-electron chi connectivity index (χ4n) is 10.2. The van der Waals surface area contributed by atoms with E-state index in [0.29, 0.717) is 6.42 Å². The molecule has 2 aliphatic heterocycles. The van der Waals surface area contributed by atoms with E-state index in [2.05, 4.69) is 0 Å². The minimum absolute atomic E-state index is 0.145. The van der Waals surface area contributed by atoms with Crippen LogP contribution in [0.5, 0.6) is 0 Å².